The van der Waals surface area contributed by atoms with E-state index in [1.54, 1.807) is 0 Å². The highest BCUT2D eigenvalue weighted by molar-refractivity contribution is 5.89. The summed E-state index contributed by atoms with van der Waals surface area (Å²) in [4.78, 5) is 9.99. The van der Waals surface area contributed by atoms with Crippen LogP contribution in [0.5, 0.6) is 0 Å². The Morgan fingerprint density at radius 3 is 2.64 bits per heavy atom. The SMILES string of the molecule is C=C(C)CC1=C(C)c2ccc(N=C(C)C3CC(C)=CCC(C)(N=C(C)C)c4cn3nn4)cc2CC1=C. The molecule has 1 aromatic heterocycles. The fourth-order valence-electron chi connectivity index (χ4n) is 5.33. The van der Waals surface area contributed by atoms with E-state index in [4.69, 9.17) is 9.98 Å². The minimum absolute atomic E-state index is 0.00588. The Hall–Kier alpha value is -3.34. The van der Waals surface area contributed by atoms with Crippen LogP contribution >= 0.6 is 0 Å². The summed E-state index contributed by atoms with van der Waals surface area (Å²) >= 11 is 0. The Balaban J connectivity index is 1.69. The van der Waals surface area contributed by atoms with Crippen molar-refractivity contribution in [3.8, 4) is 0 Å². The van der Waals surface area contributed by atoms with Gasteiger partial charge in [-0.3, -0.25) is 9.98 Å². The van der Waals surface area contributed by atoms with Gasteiger partial charge in [-0.15, -0.1) is 5.10 Å². The highest BCUT2D eigenvalue weighted by Gasteiger charge is 2.31. The van der Waals surface area contributed by atoms with E-state index in [0.29, 0.717) is 0 Å². The highest BCUT2D eigenvalue weighted by atomic mass is 15.4. The molecule has 0 N–H and O–H groups in total. The van der Waals surface area contributed by atoms with Gasteiger partial charge in [-0.05, 0) is 114 Å². The quantitative estimate of drug-likeness (QED) is 0.322. The summed E-state index contributed by atoms with van der Waals surface area (Å²) in [5.41, 5.74) is 12.4. The predicted molar refractivity (Wildman–Crippen MR) is 152 cm³/mol. The summed E-state index contributed by atoms with van der Waals surface area (Å²) in [6.07, 6.45) is 7.74. The molecule has 36 heavy (non-hydrogen) atoms. The van der Waals surface area contributed by atoms with Gasteiger partial charge in [0.05, 0.1) is 17.9 Å². The number of benzene rings is 1. The molecular formula is C31H39N5. The maximum atomic E-state index is 5.08. The average Bonchev–Trinajstić information content (AvgIpc) is 3.29. The largest absolute Gasteiger partial charge is 0.282 e. The Labute approximate surface area is 216 Å². The van der Waals surface area contributed by atoms with Crippen LogP contribution in [-0.4, -0.2) is 26.4 Å². The maximum absolute atomic E-state index is 5.08. The lowest BCUT2D eigenvalue weighted by Crippen LogP contribution is -2.20. The second-order valence-corrected chi connectivity index (χ2v) is 11.0. The Kier molecular flexibility index (Phi) is 7.12. The number of fused-ring (bicyclic) bond motifs is 3. The molecule has 1 aliphatic heterocycles. The molecule has 2 atom stereocenters. The van der Waals surface area contributed by atoms with Gasteiger partial charge in [-0.1, -0.05) is 41.7 Å². The summed E-state index contributed by atoms with van der Waals surface area (Å²) < 4.78 is 1.96. The number of hydrogen-bond acceptors (Lipinski definition) is 4. The molecule has 188 valence electrons. The number of allylic oxidation sites excluding steroid dienone is 5. The molecule has 0 saturated carbocycles. The Morgan fingerprint density at radius 2 is 1.94 bits per heavy atom. The van der Waals surface area contributed by atoms with Crippen molar-refractivity contribution in [1.82, 2.24) is 15.0 Å². The van der Waals surface area contributed by atoms with Crippen molar-refractivity contribution in [3.05, 3.63) is 82.7 Å². The van der Waals surface area contributed by atoms with Crippen molar-refractivity contribution >= 4 is 22.7 Å². The summed E-state index contributed by atoms with van der Waals surface area (Å²) in [5, 5.41) is 9.06. The fourth-order valence-corrected chi connectivity index (χ4v) is 5.33. The third-order valence-corrected chi connectivity index (χ3v) is 7.26. The molecular weight excluding hydrogens is 442 g/mol. The summed E-state index contributed by atoms with van der Waals surface area (Å²) in [6, 6.07) is 6.55. The molecule has 2 bridgehead atoms. The number of hydrogen-bond donors (Lipinski definition) is 0. The van der Waals surface area contributed by atoms with Crippen molar-refractivity contribution in [2.75, 3.05) is 0 Å². The van der Waals surface area contributed by atoms with Crippen LogP contribution in [0.4, 0.5) is 5.69 Å². The van der Waals surface area contributed by atoms with Gasteiger partial charge in [-0.25, -0.2) is 4.68 Å². The van der Waals surface area contributed by atoms with Crippen LogP contribution in [-0.2, 0) is 12.0 Å². The van der Waals surface area contributed by atoms with Gasteiger partial charge in [-0.2, -0.15) is 0 Å². The molecule has 0 spiro atoms. The van der Waals surface area contributed by atoms with Crippen LogP contribution in [0.1, 0.15) is 90.6 Å². The number of rotatable bonds is 5. The number of nitrogens with zero attached hydrogens (tertiary/aromatic N) is 5. The molecule has 1 aromatic carbocycles. The van der Waals surface area contributed by atoms with Gasteiger partial charge in [0.25, 0.3) is 0 Å². The van der Waals surface area contributed by atoms with Gasteiger partial charge in [0.1, 0.15) is 11.2 Å². The molecule has 2 aromatic rings. The van der Waals surface area contributed by atoms with Crippen LogP contribution in [0.2, 0.25) is 0 Å². The smallest absolute Gasteiger partial charge is 0.110 e. The lowest BCUT2D eigenvalue weighted by atomic mass is 9.81. The molecule has 2 heterocycles. The van der Waals surface area contributed by atoms with E-state index in [2.05, 4.69) is 88.6 Å². The van der Waals surface area contributed by atoms with Crippen molar-refractivity contribution < 1.29 is 0 Å². The van der Waals surface area contributed by atoms with Crippen LogP contribution in [0, 0.1) is 0 Å². The molecule has 2 aliphatic rings. The Morgan fingerprint density at radius 1 is 1.19 bits per heavy atom. The molecule has 1 aliphatic carbocycles. The van der Waals surface area contributed by atoms with E-state index in [1.807, 2.05) is 18.5 Å². The molecule has 0 fully saturated rings. The minimum Gasteiger partial charge on any atom is -0.282 e. The van der Waals surface area contributed by atoms with Gasteiger partial charge >= 0.3 is 0 Å². The first-order valence-corrected chi connectivity index (χ1v) is 12.8. The van der Waals surface area contributed by atoms with Crippen molar-refractivity contribution in [3.63, 3.8) is 0 Å². The molecule has 5 heteroatoms. The summed E-state index contributed by atoms with van der Waals surface area (Å²) in [6.45, 7) is 23.2. The summed E-state index contributed by atoms with van der Waals surface area (Å²) in [5.74, 6) is 0. The van der Waals surface area contributed by atoms with E-state index in [1.165, 1.54) is 39.0 Å². The second kappa shape index (κ2) is 9.96. The molecule has 5 nitrogen and oxygen atoms in total. The third kappa shape index (κ3) is 5.25. The van der Waals surface area contributed by atoms with E-state index >= 15 is 0 Å². The normalized spacial score (nSPS) is 22.3. The molecule has 4 rings (SSSR count). The van der Waals surface area contributed by atoms with Crippen molar-refractivity contribution in [2.24, 2.45) is 9.98 Å². The lowest BCUT2D eigenvalue weighted by Gasteiger charge is -2.24. The zero-order chi connectivity index (χ0) is 26.2. The molecule has 2 unspecified atom stereocenters. The maximum Gasteiger partial charge on any atom is 0.110 e. The highest BCUT2D eigenvalue weighted by Crippen LogP contribution is 2.38. The van der Waals surface area contributed by atoms with Crippen LogP contribution < -0.4 is 0 Å². The predicted octanol–water partition coefficient (Wildman–Crippen LogP) is 7.90. The van der Waals surface area contributed by atoms with Crippen LogP contribution in [0.15, 0.2) is 75.9 Å². The fraction of sp³-hybridized carbons (Fsp3) is 0.419. The van der Waals surface area contributed by atoms with E-state index in [0.717, 1.165) is 48.5 Å². The van der Waals surface area contributed by atoms with Crippen LogP contribution in [0.3, 0.4) is 0 Å². The standard InChI is InChI=1S/C31H39N5/c1-19(2)14-28-22(6)16-25-17-26(10-11-27(25)23(28)7)32-24(8)29-15-21(5)12-13-31(9,33-20(3)4)30-18-36(29)35-34-30/h10-12,17-18,29H,1,6,13-16H2,2-5,7-9H3. The van der Waals surface area contributed by atoms with Crippen molar-refractivity contribution in [2.45, 2.75) is 85.7 Å². The molecule has 0 saturated heterocycles. The van der Waals surface area contributed by atoms with Gasteiger partial charge < -0.3 is 0 Å². The molecule has 0 amide bonds. The number of aromatic nitrogens is 3. The van der Waals surface area contributed by atoms with Gasteiger partial charge in [0.15, 0.2) is 0 Å². The summed E-state index contributed by atoms with van der Waals surface area (Å²) in [7, 11) is 0. The van der Waals surface area contributed by atoms with Crippen LogP contribution in [0.25, 0.3) is 5.57 Å². The van der Waals surface area contributed by atoms with Gasteiger partial charge in [0, 0.05) is 11.4 Å². The second-order valence-electron chi connectivity index (χ2n) is 11.0. The third-order valence-electron chi connectivity index (χ3n) is 7.26. The first kappa shape index (κ1) is 25.7. The topological polar surface area (TPSA) is 55.4 Å². The van der Waals surface area contributed by atoms with Crippen molar-refractivity contribution in [1.29, 1.82) is 0 Å². The zero-order valence-corrected chi connectivity index (χ0v) is 22.9. The van der Waals surface area contributed by atoms with Gasteiger partial charge in [0.2, 0.25) is 0 Å². The molecule has 0 radical (unpaired) electrons. The number of aliphatic imine (C=N–C) groups is 2. The van der Waals surface area contributed by atoms with E-state index in [9.17, 15) is 0 Å². The van der Waals surface area contributed by atoms with E-state index in [-0.39, 0.29) is 6.04 Å². The first-order valence-electron chi connectivity index (χ1n) is 12.8. The lowest BCUT2D eigenvalue weighted by molar-refractivity contribution is 0.483. The minimum atomic E-state index is -0.409. The zero-order valence-electron chi connectivity index (χ0n) is 22.9. The van der Waals surface area contributed by atoms with E-state index < -0.39 is 5.54 Å². The first-order chi connectivity index (χ1) is 17.0. The monoisotopic (exact) mass is 481 g/mol. The average molecular weight is 482 g/mol. The Bertz CT molecular complexity index is 1340.